The highest BCUT2D eigenvalue weighted by Crippen LogP contribution is 2.39. The molecule has 0 radical (unpaired) electrons. The van der Waals surface area contributed by atoms with Gasteiger partial charge in [0.2, 0.25) is 5.95 Å². The summed E-state index contributed by atoms with van der Waals surface area (Å²) in [7, 11) is 0. The number of fused-ring (bicyclic) bond motifs is 1. The van der Waals surface area contributed by atoms with Gasteiger partial charge in [-0.25, -0.2) is 15.0 Å². The second-order valence-corrected chi connectivity index (χ2v) is 7.48. The lowest BCUT2D eigenvalue weighted by Crippen LogP contribution is -2.29. The number of nitrogens with one attached hydrogen (secondary N) is 2. The maximum Gasteiger partial charge on any atom is 0.222 e. The average Bonchev–Trinajstić information content (AvgIpc) is 3.28. The Labute approximate surface area is 158 Å². The lowest BCUT2D eigenvalue weighted by molar-refractivity contribution is 0.120. The minimum Gasteiger partial charge on any atom is -0.383 e. The van der Waals surface area contributed by atoms with Gasteiger partial charge < -0.3 is 21.1 Å². The summed E-state index contributed by atoms with van der Waals surface area (Å²) < 4.78 is 5.60. The fraction of sp³-hybridized carbons (Fsp3) is 0.474. The van der Waals surface area contributed by atoms with Gasteiger partial charge in [-0.15, -0.1) is 0 Å². The average molecular weight is 365 g/mol. The van der Waals surface area contributed by atoms with Gasteiger partial charge in [-0.05, 0) is 32.3 Å². The van der Waals surface area contributed by atoms with E-state index in [0.717, 1.165) is 41.8 Å². The van der Waals surface area contributed by atoms with Crippen LogP contribution >= 0.6 is 0 Å². The molecule has 1 atom stereocenters. The van der Waals surface area contributed by atoms with Gasteiger partial charge >= 0.3 is 0 Å². The van der Waals surface area contributed by atoms with Crippen molar-refractivity contribution in [2.75, 3.05) is 24.2 Å². The van der Waals surface area contributed by atoms with Crippen molar-refractivity contribution >= 4 is 11.8 Å². The molecule has 0 saturated carbocycles. The predicted molar refractivity (Wildman–Crippen MR) is 102 cm³/mol. The summed E-state index contributed by atoms with van der Waals surface area (Å²) in [4.78, 5) is 13.3. The zero-order chi connectivity index (χ0) is 19.0. The van der Waals surface area contributed by atoms with E-state index in [2.05, 4.69) is 45.5 Å². The second-order valence-electron chi connectivity index (χ2n) is 7.48. The SMILES string of the molecule is CC1(C)NCc2c1nc(N)c(C#N)c2-c1cnc(NCC2CCCO2)nc1. The minimum absolute atomic E-state index is 0.218. The first kappa shape index (κ1) is 17.6. The lowest BCUT2D eigenvalue weighted by Gasteiger charge is -2.19. The number of nitriles is 1. The summed E-state index contributed by atoms with van der Waals surface area (Å²) in [6.07, 6.45) is 5.83. The van der Waals surface area contributed by atoms with Crippen LogP contribution in [-0.4, -0.2) is 34.2 Å². The van der Waals surface area contributed by atoms with Gasteiger partial charge in [-0.3, -0.25) is 0 Å². The second kappa shape index (κ2) is 6.76. The molecule has 27 heavy (non-hydrogen) atoms. The van der Waals surface area contributed by atoms with Crippen LogP contribution < -0.4 is 16.4 Å². The van der Waals surface area contributed by atoms with E-state index >= 15 is 0 Å². The summed E-state index contributed by atoms with van der Waals surface area (Å²) in [6, 6.07) is 2.19. The first-order chi connectivity index (χ1) is 13.0. The topological polar surface area (TPSA) is 122 Å². The van der Waals surface area contributed by atoms with Crippen LogP contribution in [0.2, 0.25) is 0 Å². The first-order valence-corrected chi connectivity index (χ1v) is 9.15. The standard InChI is InChI=1S/C19H23N7O/c1-19(2)16-14(10-25-19)15(13(6-20)17(21)26-16)11-7-22-18(23-8-11)24-9-12-4-3-5-27-12/h7-8,12,25H,3-5,9-10H2,1-2H3,(H2,21,26)(H,22,23,24). The lowest BCUT2D eigenvalue weighted by atomic mass is 9.92. The van der Waals surface area contributed by atoms with E-state index < -0.39 is 0 Å². The number of hydrogen-bond acceptors (Lipinski definition) is 8. The maximum absolute atomic E-state index is 9.62. The Kier molecular flexibility index (Phi) is 4.42. The van der Waals surface area contributed by atoms with E-state index in [9.17, 15) is 5.26 Å². The van der Waals surface area contributed by atoms with Gasteiger partial charge in [0, 0.05) is 43.2 Å². The van der Waals surface area contributed by atoms with E-state index in [0.29, 0.717) is 24.6 Å². The number of nitrogens with zero attached hydrogens (tertiary/aromatic N) is 4. The predicted octanol–water partition coefficient (Wildman–Crippen LogP) is 1.92. The van der Waals surface area contributed by atoms with Crippen molar-refractivity contribution in [2.45, 2.75) is 44.9 Å². The molecule has 8 heteroatoms. The van der Waals surface area contributed by atoms with Crippen LogP contribution in [0.25, 0.3) is 11.1 Å². The summed E-state index contributed by atoms with van der Waals surface area (Å²) in [5, 5.41) is 16.3. The molecule has 1 fully saturated rings. The van der Waals surface area contributed by atoms with Crippen LogP contribution in [0, 0.1) is 11.3 Å². The van der Waals surface area contributed by atoms with Gasteiger partial charge in [-0.2, -0.15) is 5.26 Å². The fourth-order valence-electron chi connectivity index (χ4n) is 3.71. The third kappa shape index (κ3) is 3.20. The van der Waals surface area contributed by atoms with Crippen molar-refractivity contribution in [1.82, 2.24) is 20.3 Å². The number of aromatic nitrogens is 3. The molecule has 0 aromatic carbocycles. The number of nitrogens with two attached hydrogens (primary N) is 1. The molecule has 2 aromatic heterocycles. The smallest absolute Gasteiger partial charge is 0.222 e. The molecule has 140 valence electrons. The number of rotatable bonds is 4. The van der Waals surface area contributed by atoms with Crippen LogP contribution in [0.3, 0.4) is 0 Å². The molecule has 1 unspecified atom stereocenters. The molecule has 1 saturated heterocycles. The molecular weight excluding hydrogens is 342 g/mol. The van der Waals surface area contributed by atoms with Crippen molar-refractivity contribution in [1.29, 1.82) is 5.26 Å². The minimum atomic E-state index is -0.296. The quantitative estimate of drug-likeness (QED) is 0.751. The van der Waals surface area contributed by atoms with Gasteiger partial charge in [0.15, 0.2) is 0 Å². The zero-order valence-corrected chi connectivity index (χ0v) is 15.5. The molecule has 2 aliphatic rings. The molecule has 2 aromatic rings. The molecule has 0 aliphatic carbocycles. The number of nitrogen functional groups attached to an aromatic ring is 1. The Morgan fingerprint density at radius 3 is 2.85 bits per heavy atom. The summed E-state index contributed by atoms with van der Waals surface area (Å²) >= 11 is 0. The van der Waals surface area contributed by atoms with Gasteiger partial charge in [0.05, 0.1) is 17.3 Å². The fourth-order valence-corrected chi connectivity index (χ4v) is 3.71. The Morgan fingerprint density at radius 2 is 2.19 bits per heavy atom. The van der Waals surface area contributed by atoms with Crippen molar-refractivity contribution in [3.8, 4) is 17.2 Å². The molecule has 0 bridgehead atoms. The van der Waals surface area contributed by atoms with Crippen LogP contribution in [-0.2, 0) is 16.8 Å². The molecule has 0 spiro atoms. The Balaban J connectivity index is 1.66. The van der Waals surface area contributed by atoms with E-state index in [1.165, 1.54) is 0 Å². The van der Waals surface area contributed by atoms with E-state index in [4.69, 9.17) is 10.5 Å². The highest BCUT2D eigenvalue weighted by Gasteiger charge is 2.35. The molecule has 4 heterocycles. The number of anilines is 2. The van der Waals surface area contributed by atoms with E-state index in [1.807, 2.05) is 0 Å². The Hall–Kier alpha value is -2.76. The van der Waals surface area contributed by atoms with Crippen molar-refractivity contribution in [3.05, 3.63) is 29.2 Å². The maximum atomic E-state index is 9.62. The van der Waals surface area contributed by atoms with Crippen molar-refractivity contribution < 1.29 is 4.74 Å². The number of pyridine rings is 1. The van der Waals surface area contributed by atoms with Gasteiger partial charge in [0.1, 0.15) is 17.5 Å². The highest BCUT2D eigenvalue weighted by molar-refractivity contribution is 5.79. The third-order valence-corrected chi connectivity index (χ3v) is 5.19. The van der Waals surface area contributed by atoms with Gasteiger partial charge in [-0.1, -0.05) is 0 Å². The van der Waals surface area contributed by atoms with Crippen molar-refractivity contribution in [2.24, 2.45) is 0 Å². The molecule has 2 aliphatic heterocycles. The number of ether oxygens (including phenoxy) is 1. The number of hydrogen-bond donors (Lipinski definition) is 3. The molecule has 0 amide bonds. The zero-order valence-electron chi connectivity index (χ0n) is 15.5. The molecular formula is C19H23N7O. The monoisotopic (exact) mass is 365 g/mol. The van der Waals surface area contributed by atoms with E-state index in [-0.39, 0.29) is 17.5 Å². The normalized spacial score (nSPS) is 20.3. The van der Waals surface area contributed by atoms with Crippen molar-refractivity contribution in [3.63, 3.8) is 0 Å². The summed E-state index contributed by atoms with van der Waals surface area (Å²) in [5.41, 5.74) is 9.54. The van der Waals surface area contributed by atoms with Crippen LogP contribution in [0.15, 0.2) is 12.4 Å². The largest absolute Gasteiger partial charge is 0.383 e. The van der Waals surface area contributed by atoms with Crippen LogP contribution in [0.4, 0.5) is 11.8 Å². The van der Waals surface area contributed by atoms with Crippen LogP contribution in [0.1, 0.15) is 43.5 Å². The molecule has 4 rings (SSSR count). The Morgan fingerprint density at radius 1 is 1.41 bits per heavy atom. The van der Waals surface area contributed by atoms with E-state index in [1.54, 1.807) is 12.4 Å². The summed E-state index contributed by atoms with van der Waals surface area (Å²) in [6.45, 7) is 6.24. The first-order valence-electron chi connectivity index (χ1n) is 9.15. The highest BCUT2D eigenvalue weighted by atomic mass is 16.5. The van der Waals surface area contributed by atoms with Crippen LogP contribution in [0.5, 0.6) is 0 Å². The summed E-state index contributed by atoms with van der Waals surface area (Å²) in [5.74, 6) is 0.786. The molecule has 4 N–H and O–H groups in total. The van der Waals surface area contributed by atoms with Gasteiger partial charge in [0.25, 0.3) is 0 Å². The molecule has 8 nitrogen and oxygen atoms in total. The Bertz CT molecular complexity index is 896. The third-order valence-electron chi connectivity index (χ3n) is 5.19.